The van der Waals surface area contributed by atoms with E-state index in [0.717, 1.165) is 78.1 Å². The molecule has 7 heteroatoms. The van der Waals surface area contributed by atoms with Gasteiger partial charge in [0.2, 0.25) is 0 Å². The smallest absolute Gasteiger partial charge is 0.308 e. The fraction of sp³-hybridized carbons (Fsp3) is 0.455. The summed E-state index contributed by atoms with van der Waals surface area (Å²) < 4.78 is 11.4. The Morgan fingerprint density at radius 1 is 1.06 bits per heavy atom. The number of benzene rings is 1. The number of hydrogen-bond acceptors (Lipinski definition) is 6. The molecule has 0 spiro atoms. The molecule has 1 amide bonds. The fourth-order valence-corrected chi connectivity index (χ4v) is 5.84. The number of ether oxygens (including phenoxy) is 2. The lowest BCUT2D eigenvalue weighted by molar-refractivity contribution is -0.149. The van der Waals surface area contributed by atoms with Gasteiger partial charge in [-0.2, -0.15) is 5.26 Å². The molecule has 0 atom stereocenters. The molecule has 1 fully saturated rings. The molecule has 1 saturated carbocycles. The van der Waals surface area contributed by atoms with Gasteiger partial charge in [-0.3, -0.25) is 14.6 Å². The summed E-state index contributed by atoms with van der Waals surface area (Å²) in [6.45, 7) is 18.2. The summed E-state index contributed by atoms with van der Waals surface area (Å²) in [6, 6.07) is 9.88. The van der Waals surface area contributed by atoms with Crippen molar-refractivity contribution >= 4 is 23.3 Å². The molecule has 1 aromatic carbocycles. The SMILES string of the molecule is C.C=C/C(=C\C=C(/C)C1=CCC=CC=C1C#N)C/C(C(=O)N(C)c1ccc(OC2CCC(C(=O)OCC)CC2)cc1)=C(\CCC)N=C(C)C.CC. The van der Waals surface area contributed by atoms with Crippen molar-refractivity contribution in [3.63, 3.8) is 0 Å². The van der Waals surface area contributed by atoms with Gasteiger partial charge in [-0.1, -0.05) is 77.7 Å². The average molecular weight is 696 g/mol. The third-order valence-corrected chi connectivity index (χ3v) is 8.46. The average Bonchev–Trinajstić information content (AvgIpc) is 3.38. The number of carbonyl (C=O) groups is 2. The van der Waals surface area contributed by atoms with Crippen LogP contribution in [0.15, 0.2) is 112 Å². The number of hydrogen-bond donors (Lipinski definition) is 0. The molecule has 0 radical (unpaired) electrons. The second-order valence-corrected chi connectivity index (χ2v) is 12.4. The molecule has 2 aliphatic rings. The largest absolute Gasteiger partial charge is 0.490 e. The topological polar surface area (TPSA) is 92.0 Å². The van der Waals surface area contributed by atoms with Gasteiger partial charge in [0.25, 0.3) is 5.91 Å². The standard InChI is InChI=1S/C41H51N3O4.C2H6.CH4/c1-8-14-39(43-29(4)5)38(27-31(9-2)18-17-30(6)37-16-13-11-12-15-33(37)28-42)40(45)44(7)34-21-25-36(26-22-34)48-35-23-19-32(20-24-35)41(46)47-10-3;1-2;/h9,11-12,15-18,21-22,25-26,32,35H,2,8,10,13-14,19-20,23-24,27H2,1,3-7H3;1-2H3;1H4/b30-17+,31-18+,39-38-;;. The lowest BCUT2D eigenvalue weighted by Gasteiger charge is -2.28. The molecule has 0 heterocycles. The highest BCUT2D eigenvalue weighted by atomic mass is 16.5. The molecule has 0 saturated heterocycles. The van der Waals surface area contributed by atoms with E-state index in [0.29, 0.717) is 30.6 Å². The summed E-state index contributed by atoms with van der Waals surface area (Å²) in [7, 11) is 1.78. The zero-order valence-electron chi connectivity index (χ0n) is 31.6. The highest BCUT2D eigenvalue weighted by Gasteiger charge is 2.28. The number of nitrogens with zero attached hydrogens (tertiary/aromatic N) is 3. The summed E-state index contributed by atoms with van der Waals surface area (Å²) in [6.07, 6.45) is 19.4. The van der Waals surface area contributed by atoms with E-state index in [-0.39, 0.29) is 31.3 Å². The van der Waals surface area contributed by atoms with Crippen molar-refractivity contribution in [2.75, 3.05) is 18.6 Å². The third-order valence-electron chi connectivity index (χ3n) is 8.46. The molecule has 0 aromatic heterocycles. The van der Waals surface area contributed by atoms with Crippen molar-refractivity contribution in [1.29, 1.82) is 5.26 Å². The molecular formula is C44H61N3O4. The summed E-state index contributed by atoms with van der Waals surface area (Å²) in [5, 5.41) is 9.66. The van der Waals surface area contributed by atoms with Crippen molar-refractivity contribution in [3.8, 4) is 11.8 Å². The summed E-state index contributed by atoms with van der Waals surface area (Å²) in [4.78, 5) is 32.8. The second-order valence-electron chi connectivity index (χ2n) is 12.4. The lowest BCUT2D eigenvalue weighted by Crippen LogP contribution is -2.29. The predicted molar refractivity (Wildman–Crippen MR) is 214 cm³/mol. The first-order chi connectivity index (χ1) is 24.1. The third kappa shape index (κ3) is 13.9. The van der Waals surface area contributed by atoms with E-state index < -0.39 is 0 Å². The highest BCUT2D eigenvalue weighted by Crippen LogP contribution is 2.31. The van der Waals surface area contributed by atoms with Crippen LogP contribution in [0.25, 0.3) is 0 Å². The highest BCUT2D eigenvalue weighted by molar-refractivity contribution is 6.06. The van der Waals surface area contributed by atoms with Gasteiger partial charge in [-0.25, -0.2) is 0 Å². The zero-order valence-corrected chi connectivity index (χ0v) is 31.6. The number of rotatable bonds is 14. The van der Waals surface area contributed by atoms with Gasteiger partial charge in [0, 0.05) is 36.1 Å². The minimum Gasteiger partial charge on any atom is -0.490 e. The Bertz CT molecular complexity index is 1570. The molecule has 0 unspecified atom stereocenters. The Labute approximate surface area is 308 Å². The van der Waals surface area contributed by atoms with E-state index in [4.69, 9.17) is 14.5 Å². The molecular weight excluding hydrogens is 635 g/mol. The molecule has 51 heavy (non-hydrogen) atoms. The van der Waals surface area contributed by atoms with Gasteiger partial charge in [-0.05, 0) is 113 Å². The molecule has 276 valence electrons. The van der Waals surface area contributed by atoms with Crippen LogP contribution in [-0.2, 0) is 14.3 Å². The maximum absolute atomic E-state index is 14.2. The lowest BCUT2D eigenvalue weighted by atomic mass is 9.87. The van der Waals surface area contributed by atoms with E-state index >= 15 is 0 Å². The molecule has 0 bridgehead atoms. The van der Waals surface area contributed by atoms with Gasteiger partial charge in [0.15, 0.2) is 0 Å². The zero-order chi connectivity index (χ0) is 37.1. The fourth-order valence-electron chi connectivity index (χ4n) is 5.84. The molecule has 1 aromatic rings. The molecule has 0 aliphatic heterocycles. The number of amides is 1. The number of esters is 1. The molecule has 2 aliphatic carbocycles. The van der Waals surface area contributed by atoms with Crippen LogP contribution in [0.1, 0.15) is 107 Å². The summed E-state index contributed by atoms with van der Waals surface area (Å²) in [5.41, 5.74) is 6.38. The van der Waals surface area contributed by atoms with Crippen LogP contribution in [-0.4, -0.2) is 37.3 Å². The van der Waals surface area contributed by atoms with Crippen molar-refractivity contribution < 1.29 is 19.1 Å². The van der Waals surface area contributed by atoms with Crippen molar-refractivity contribution in [2.45, 2.75) is 113 Å². The normalized spacial score (nSPS) is 17.7. The monoisotopic (exact) mass is 695 g/mol. The first-order valence-electron chi connectivity index (χ1n) is 18.0. The second kappa shape index (κ2) is 23.7. The number of aliphatic imine (C=N–C) groups is 1. The number of carbonyl (C=O) groups excluding carboxylic acids is 2. The Kier molecular flexibility index (Phi) is 20.6. The quantitative estimate of drug-likeness (QED) is 0.0836. The first kappa shape index (κ1) is 44.3. The Morgan fingerprint density at radius 3 is 2.29 bits per heavy atom. The number of allylic oxidation sites excluding steroid dienone is 12. The van der Waals surface area contributed by atoms with E-state index in [2.05, 4.69) is 25.6 Å². The maximum Gasteiger partial charge on any atom is 0.308 e. The number of likely N-dealkylation sites (N-methyl/N-ethyl adjacent to an activating group) is 1. The van der Waals surface area contributed by atoms with Gasteiger partial charge in [-0.15, -0.1) is 0 Å². The van der Waals surface area contributed by atoms with E-state index in [1.54, 1.807) is 18.0 Å². The molecule has 3 rings (SSSR count). The summed E-state index contributed by atoms with van der Waals surface area (Å²) >= 11 is 0. The van der Waals surface area contributed by atoms with Crippen LogP contribution in [0.4, 0.5) is 5.69 Å². The number of nitriles is 1. The first-order valence-corrected chi connectivity index (χ1v) is 18.0. The van der Waals surface area contributed by atoms with E-state index in [1.165, 1.54) is 0 Å². The Morgan fingerprint density at radius 2 is 1.73 bits per heavy atom. The van der Waals surface area contributed by atoms with Crippen LogP contribution in [0.5, 0.6) is 5.75 Å². The van der Waals surface area contributed by atoms with Gasteiger partial charge >= 0.3 is 5.97 Å². The minimum atomic E-state index is -0.130. The van der Waals surface area contributed by atoms with Crippen LogP contribution in [0.2, 0.25) is 0 Å². The molecule has 7 nitrogen and oxygen atoms in total. The van der Waals surface area contributed by atoms with E-state index in [1.807, 2.05) is 96.2 Å². The maximum atomic E-state index is 14.2. The van der Waals surface area contributed by atoms with Crippen LogP contribution >= 0.6 is 0 Å². The van der Waals surface area contributed by atoms with Gasteiger partial charge < -0.3 is 14.4 Å². The molecule has 0 N–H and O–H groups in total. The predicted octanol–water partition coefficient (Wildman–Crippen LogP) is 11.1. The van der Waals surface area contributed by atoms with Crippen molar-refractivity contribution in [3.05, 3.63) is 107 Å². The van der Waals surface area contributed by atoms with E-state index in [9.17, 15) is 14.9 Å². The van der Waals surface area contributed by atoms with Gasteiger partial charge in [0.1, 0.15) is 5.75 Å². The van der Waals surface area contributed by atoms with Crippen molar-refractivity contribution in [1.82, 2.24) is 0 Å². The number of anilines is 1. The van der Waals surface area contributed by atoms with Crippen LogP contribution in [0, 0.1) is 17.2 Å². The van der Waals surface area contributed by atoms with Gasteiger partial charge in [0.05, 0.1) is 30.3 Å². The van der Waals surface area contributed by atoms with Crippen molar-refractivity contribution in [2.24, 2.45) is 10.9 Å². The van der Waals surface area contributed by atoms with Crippen LogP contribution < -0.4 is 9.64 Å². The van der Waals surface area contributed by atoms with Crippen LogP contribution in [0.3, 0.4) is 0 Å². The Balaban J connectivity index is 0.00000426. The summed E-state index contributed by atoms with van der Waals surface area (Å²) in [5.74, 6) is 0.451. The Hall–Kier alpha value is -4.70. The minimum absolute atomic E-state index is 0.